The van der Waals surface area contributed by atoms with Crippen molar-refractivity contribution in [3.63, 3.8) is 0 Å². The Balaban J connectivity index is 0. The van der Waals surface area contributed by atoms with E-state index >= 15 is 0 Å². The van der Waals surface area contributed by atoms with E-state index in [1.807, 2.05) is 0 Å². The first kappa shape index (κ1) is 19.5. The Labute approximate surface area is 136 Å². The van der Waals surface area contributed by atoms with Gasteiger partial charge in [0, 0.05) is 0 Å². The molecule has 0 atom stereocenters. The Bertz CT molecular complexity index is 420. The first-order valence-electron chi connectivity index (χ1n) is 5.04. The average molecular weight is 345 g/mol. The molecule has 0 amide bonds. The Morgan fingerprint density at radius 1 is 1.24 bits per heavy atom. The van der Waals surface area contributed by atoms with Crippen molar-refractivity contribution in [2.45, 2.75) is 27.2 Å². The van der Waals surface area contributed by atoms with Crippen molar-refractivity contribution in [1.82, 2.24) is 0 Å². The van der Waals surface area contributed by atoms with Crippen LogP contribution in [0.2, 0.25) is 0 Å². The fourth-order valence-corrected chi connectivity index (χ4v) is 1.81. The van der Waals surface area contributed by atoms with E-state index in [1.165, 1.54) is 27.9 Å². The summed E-state index contributed by atoms with van der Waals surface area (Å²) in [6.45, 7) is 6.41. The Morgan fingerprint density at radius 3 is 2.29 bits per heavy atom. The molecule has 1 radical (unpaired) electrons. The van der Waals surface area contributed by atoms with Crippen LogP contribution in [0.1, 0.15) is 27.2 Å². The van der Waals surface area contributed by atoms with Gasteiger partial charge in [-0.2, -0.15) is 11.6 Å². The molecule has 0 heterocycles. The van der Waals surface area contributed by atoms with E-state index in [1.54, 1.807) is 0 Å². The fourth-order valence-electron chi connectivity index (χ4n) is 1.81. The quantitative estimate of drug-likeness (QED) is 0.478. The SMILES string of the molecule is CC1=[C-]C(=C(C)C)C=C1C1=CC=CC1.[Cl-].[Cl-].[Zr+3]. The van der Waals surface area contributed by atoms with Crippen LogP contribution in [0.5, 0.6) is 0 Å². The molecule has 3 heteroatoms. The normalized spacial score (nSPS) is 16.2. The van der Waals surface area contributed by atoms with Gasteiger partial charge in [-0.3, -0.25) is 0 Å². The number of halogens is 2. The minimum atomic E-state index is 0. The molecule has 17 heavy (non-hydrogen) atoms. The first-order valence-corrected chi connectivity index (χ1v) is 5.04. The van der Waals surface area contributed by atoms with Crippen molar-refractivity contribution in [3.8, 4) is 0 Å². The van der Waals surface area contributed by atoms with Gasteiger partial charge in [0.2, 0.25) is 0 Å². The largest absolute Gasteiger partial charge is 3.00 e. The third-order valence-electron chi connectivity index (χ3n) is 2.67. The van der Waals surface area contributed by atoms with Crippen LogP contribution in [-0.4, -0.2) is 0 Å². The average Bonchev–Trinajstić information content (AvgIpc) is 2.71. The van der Waals surface area contributed by atoms with Gasteiger partial charge in [-0.15, -0.1) is 22.8 Å². The molecule has 0 nitrogen and oxygen atoms in total. The Kier molecular flexibility index (Phi) is 9.52. The predicted octanol–water partition coefficient (Wildman–Crippen LogP) is -2.10. The van der Waals surface area contributed by atoms with E-state index in [0.29, 0.717) is 0 Å². The molecule has 0 aromatic carbocycles. The van der Waals surface area contributed by atoms with Crippen molar-refractivity contribution >= 4 is 0 Å². The van der Waals surface area contributed by atoms with Crippen LogP contribution in [0.25, 0.3) is 0 Å². The van der Waals surface area contributed by atoms with Gasteiger partial charge in [0.05, 0.1) is 0 Å². The summed E-state index contributed by atoms with van der Waals surface area (Å²) in [4.78, 5) is 0. The standard InChI is InChI=1S/C14H15.2ClH.Zr/c1-10(2)13-8-11(3)14(9-13)12-6-4-5-7-12;;;/h4-6,9H,7H2,1-3H3;2*1H;/q-1;;;+3/p-2. The molecule has 2 aliphatic carbocycles. The van der Waals surface area contributed by atoms with Crippen molar-refractivity contribution < 1.29 is 51.0 Å². The number of allylic oxidation sites excluding steroid dienone is 10. The van der Waals surface area contributed by atoms with Gasteiger partial charge in [0.1, 0.15) is 0 Å². The van der Waals surface area contributed by atoms with Crippen LogP contribution >= 0.6 is 0 Å². The van der Waals surface area contributed by atoms with Crippen molar-refractivity contribution in [2.75, 3.05) is 0 Å². The van der Waals surface area contributed by atoms with Gasteiger partial charge in [-0.25, -0.2) is 0 Å². The van der Waals surface area contributed by atoms with Crippen LogP contribution in [0, 0.1) is 6.08 Å². The summed E-state index contributed by atoms with van der Waals surface area (Å²) in [6, 6.07) is 0. The van der Waals surface area contributed by atoms with Gasteiger partial charge in [-0.1, -0.05) is 44.6 Å². The summed E-state index contributed by atoms with van der Waals surface area (Å²) in [5.74, 6) is 0. The summed E-state index contributed by atoms with van der Waals surface area (Å²) in [7, 11) is 0. The molecule has 0 aromatic heterocycles. The molecule has 0 bridgehead atoms. The second kappa shape index (κ2) is 8.30. The molecule has 0 saturated heterocycles. The molecule has 0 aliphatic heterocycles. The van der Waals surface area contributed by atoms with E-state index in [9.17, 15) is 0 Å². The first-order chi connectivity index (χ1) is 6.68. The molecule has 89 valence electrons. The second-order valence-corrected chi connectivity index (χ2v) is 4.05. The van der Waals surface area contributed by atoms with Crippen LogP contribution in [0.15, 0.2) is 52.2 Å². The summed E-state index contributed by atoms with van der Waals surface area (Å²) >= 11 is 0. The number of rotatable bonds is 1. The molecule has 0 fully saturated rings. The molecule has 0 unspecified atom stereocenters. The van der Waals surface area contributed by atoms with Crippen LogP contribution in [0.3, 0.4) is 0 Å². The molecular weight excluding hydrogens is 330 g/mol. The summed E-state index contributed by atoms with van der Waals surface area (Å²) in [5.41, 5.74) is 6.66. The van der Waals surface area contributed by atoms with Crippen molar-refractivity contribution in [3.05, 3.63) is 58.2 Å². The van der Waals surface area contributed by atoms with E-state index in [2.05, 4.69) is 51.2 Å². The zero-order valence-electron chi connectivity index (χ0n) is 10.3. The third kappa shape index (κ3) is 4.39. The van der Waals surface area contributed by atoms with Gasteiger partial charge in [0.25, 0.3) is 0 Å². The fraction of sp³-hybridized carbons (Fsp3) is 0.286. The molecule has 2 rings (SSSR count). The van der Waals surface area contributed by atoms with E-state index in [4.69, 9.17) is 0 Å². The van der Waals surface area contributed by atoms with E-state index in [0.717, 1.165) is 6.42 Å². The monoisotopic (exact) mass is 343 g/mol. The zero-order valence-corrected chi connectivity index (χ0v) is 14.2. The minimum absolute atomic E-state index is 0. The minimum Gasteiger partial charge on any atom is -1.00 e. The summed E-state index contributed by atoms with van der Waals surface area (Å²) in [6.07, 6.45) is 13.3. The maximum atomic E-state index is 3.42. The van der Waals surface area contributed by atoms with Gasteiger partial charge >= 0.3 is 26.2 Å². The predicted molar refractivity (Wildman–Crippen MR) is 60.7 cm³/mol. The van der Waals surface area contributed by atoms with Crippen molar-refractivity contribution in [1.29, 1.82) is 0 Å². The van der Waals surface area contributed by atoms with E-state index < -0.39 is 0 Å². The van der Waals surface area contributed by atoms with Crippen LogP contribution in [0.4, 0.5) is 0 Å². The zero-order chi connectivity index (χ0) is 10.1. The Morgan fingerprint density at radius 2 is 1.88 bits per heavy atom. The molecule has 0 N–H and O–H groups in total. The second-order valence-electron chi connectivity index (χ2n) is 4.05. The van der Waals surface area contributed by atoms with Crippen LogP contribution in [-0.2, 0) is 26.2 Å². The molecule has 2 aliphatic rings. The van der Waals surface area contributed by atoms with Gasteiger partial charge in [-0.05, 0) is 6.42 Å². The molecular formula is C14H15Cl2Zr. The van der Waals surface area contributed by atoms with Gasteiger partial charge in [0.15, 0.2) is 0 Å². The molecule has 0 saturated carbocycles. The van der Waals surface area contributed by atoms with Gasteiger partial charge < -0.3 is 24.8 Å². The summed E-state index contributed by atoms with van der Waals surface area (Å²) < 4.78 is 0. The smallest absolute Gasteiger partial charge is 1.00 e. The Hall–Kier alpha value is 0.163. The number of hydrogen-bond donors (Lipinski definition) is 0. The van der Waals surface area contributed by atoms with Crippen LogP contribution < -0.4 is 24.8 Å². The third-order valence-corrected chi connectivity index (χ3v) is 2.67. The maximum absolute atomic E-state index is 3.42. The maximum Gasteiger partial charge on any atom is 3.00 e. The van der Waals surface area contributed by atoms with E-state index in [-0.39, 0.29) is 51.0 Å². The number of hydrogen-bond acceptors (Lipinski definition) is 0. The topological polar surface area (TPSA) is 0 Å². The van der Waals surface area contributed by atoms with Crippen molar-refractivity contribution in [2.24, 2.45) is 0 Å². The summed E-state index contributed by atoms with van der Waals surface area (Å²) in [5, 5.41) is 0. The molecule has 0 aromatic rings. The molecule has 0 spiro atoms.